The van der Waals surface area contributed by atoms with Crippen molar-refractivity contribution >= 4 is 23.1 Å². The van der Waals surface area contributed by atoms with E-state index >= 15 is 0 Å². The standard InChI is InChI=1S/C15H19FN2OS/c1-9(2)11-6-14(19)18(8-11)7-10-3-4-13(16)12(5-10)15(17)20/h3-5,9,11H,6-8H2,1-2H3,(H2,17,20). The van der Waals surface area contributed by atoms with Crippen LogP contribution >= 0.6 is 12.2 Å². The van der Waals surface area contributed by atoms with Crippen LogP contribution in [-0.4, -0.2) is 22.3 Å². The maximum Gasteiger partial charge on any atom is 0.223 e. The van der Waals surface area contributed by atoms with Crippen LogP contribution in [0.25, 0.3) is 0 Å². The Hall–Kier alpha value is -1.49. The summed E-state index contributed by atoms with van der Waals surface area (Å²) in [5.41, 5.74) is 6.59. The van der Waals surface area contributed by atoms with Crippen molar-refractivity contribution in [1.82, 2.24) is 4.90 Å². The molecule has 1 saturated heterocycles. The predicted octanol–water partition coefficient (Wildman–Crippen LogP) is 2.46. The van der Waals surface area contributed by atoms with Crippen molar-refractivity contribution in [3.63, 3.8) is 0 Å². The molecule has 1 atom stereocenters. The second-order valence-electron chi connectivity index (χ2n) is 5.66. The second kappa shape index (κ2) is 5.87. The normalized spacial score (nSPS) is 18.9. The third-order valence-electron chi connectivity index (χ3n) is 3.86. The van der Waals surface area contributed by atoms with Gasteiger partial charge in [0, 0.05) is 25.1 Å². The maximum atomic E-state index is 13.5. The van der Waals surface area contributed by atoms with E-state index in [4.69, 9.17) is 18.0 Å². The molecule has 3 nitrogen and oxygen atoms in total. The zero-order valence-corrected chi connectivity index (χ0v) is 12.5. The molecule has 0 spiro atoms. The Bertz CT molecular complexity index is 545. The van der Waals surface area contributed by atoms with Gasteiger partial charge >= 0.3 is 0 Å². The third kappa shape index (κ3) is 3.15. The minimum atomic E-state index is -0.422. The zero-order chi connectivity index (χ0) is 14.9. The van der Waals surface area contributed by atoms with Crippen molar-refractivity contribution in [3.05, 3.63) is 35.1 Å². The first-order valence-electron chi connectivity index (χ1n) is 6.74. The molecule has 2 rings (SSSR count). The van der Waals surface area contributed by atoms with E-state index in [9.17, 15) is 9.18 Å². The fourth-order valence-corrected chi connectivity index (χ4v) is 2.64. The summed E-state index contributed by atoms with van der Waals surface area (Å²) in [7, 11) is 0. The number of rotatable bonds is 4. The van der Waals surface area contributed by atoms with Gasteiger partial charge in [-0.25, -0.2) is 4.39 Å². The predicted molar refractivity (Wildman–Crippen MR) is 80.6 cm³/mol. The van der Waals surface area contributed by atoms with Gasteiger partial charge in [0.05, 0.1) is 0 Å². The van der Waals surface area contributed by atoms with Crippen molar-refractivity contribution in [2.75, 3.05) is 6.54 Å². The van der Waals surface area contributed by atoms with Gasteiger partial charge in [-0.2, -0.15) is 0 Å². The Kier molecular flexibility index (Phi) is 4.38. The van der Waals surface area contributed by atoms with Crippen LogP contribution in [-0.2, 0) is 11.3 Å². The highest BCUT2D eigenvalue weighted by molar-refractivity contribution is 7.80. The summed E-state index contributed by atoms with van der Waals surface area (Å²) in [5, 5.41) is 0. The van der Waals surface area contributed by atoms with E-state index in [2.05, 4.69) is 13.8 Å². The Balaban J connectivity index is 2.13. The Morgan fingerprint density at radius 1 is 1.55 bits per heavy atom. The van der Waals surface area contributed by atoms with Gasteiger partial charge in [-0.3, -0.25) is 4.79 Å². The van der Waals surface area contributed by atoms with E-state index in [-0.39, 0.29) is 16.5 Å². The molecule has 2 N–H and O–H groups in total. The molecular formula is C15H19FN2OS. The summed E-state index contributed by atoms with van der Waals surface area (Å²) in [6.45, 7) is 5.50. The van der Waals surface area contributed by atoms with E-state index in [0.717, 1.165) is 12.1 Å². The molecule has 1 aliphatic heterocycles. The van der Waals surface area contributed by atoms with Crippen LogP contribution in [0, 0.1) is 17.7 Å². The molecule has 1 aromatic carbocycles. The number of benzene rings is 1. The molecule has 0 aliphatic carbocycles. The smallest absolute Gasteiger partial charge is 0.223 e. The largest absolute Gasteiger partial charge is 0.389 e. The van der Waals surface area contributed by atoms with Crippen LogP contribution in [0.2, 0.25) is 0 Å². The quantitative estimate of drug-likeness (QED) is 0.868. The van der Waals surface area contributed by atoms with E-state index in [1.807, 2.05) is 4.90 Å². The molecule has 1 fully saturated rings. The highest BCUT2D eigenvalue weighted by Gasteiger charge is 2.31. The molecule has 1 heterocycles. The van der Waals surface area contributed by atoms with Gasteiger partial charge in [-0.1, -0.05) is 32.1 Å². The molecule has 1 amide bonds. The number of hydrogen-bond acceptors (Lipinski definition) is 2. The lowest BCUT2D eigenvalue weighted by molar-refractivity contribution is -0.128. The van der Waals surface area contributed by atoms with Gasteiger partial charge in [-0.15, -0.1) is 0 Å². The van der Waals surface area contributed by atoms with Crippen molar-refractivity contribution in [3.8, 4) is 0 Å². The average molecular weight is 294 g/mol. The summed E-state index contributed by atoms with van der Waals surface area (Å²) < 4.78 is 13.5. The lowest BCUT2D eigenvalue weighted by atomic mass is 9.95. The minimum absolute atomic E-state index is 0.0390. The van der Waals surface area contributed by atoms with Crippen molar-refractivity contribution in [2.45, 2.75) is 26.8 Å². The summed E-state index contributed by atoms with van der Waals surface area (Å²) >= 11 is 4.83. The number of carbonyl (C=O) groups excluding carboxylic acids is 1. The van der Waals surface area contributed by atoms with E-state index in [1.165, 1.54) is 6.07 Å². The monoisotopic (exact) mass is 294 g/mol. The van der Waals surface area contributed by atoms with Gasteiger partial charge in [0.25, 0.3) is 0 Å². The number of likely N-dealkylation sites (tertiary alicyclic amines) is 1. The molecule has 108 valence electrons. The minimum Gasteiger partial charge on any atom is -0.389 e. The Morgan fingerprint density at radius 2 is 2.25 bits per heavy atom. The summed E-state index contributed by atoms with van der Waals surface area (Å²) in [5.74, 6) is 0.626. The fraction of sp³-hybridized carbons (Fsp3) is 0.467. The van der Waals surface area contributed by atoms with Gasteiger partial charge < -0.3 is 10.6 Å². The molecule has 1 unspecified atom stereocenters. The average Bonchev–Trinajstić information content (AvgIpc) is 2.73. The first kappa shape index (κ1) is 14.9. The molecular weight excluding hydrogens is 275 g/mol. The summed E-state index contributed by atoms with van der Waals surface area (Å²) in [4.78, 5) is 13.8. The summed E-state index contributed by atoms with van der Waals surface area (Å²) in [6, 6.07) is 4.66. The SMILES string of the molecule is CC(C)C1CC(=O)N(Cc2ccc(F)c(C(N)=S)c2)C1. The first-order valence-corrected chi connectivity index (χ1v) is 7.15. The van der Waals surface area contributed by atoms with Crippen molar-refractivity contribution in [2.24, 2.45) is 17.6 Å². The van der Waals surface area contributed by atoms with E-state index in [0.29, 0.717) is 24.8 Å². The number of nitrogens with two attached hydrogens (primary N) is 1. The van der Waals surface area contributed by atoms with Gasteiger partial charge in [0.2, 0.25) is 5.91 Å². The number of halogens is 1. The van der Waals surface area contributed by atoms with Crippen LogP contribution < -0.4 is 5.73 Å². The molecule has 0 radical (unpaired) electrons. The highest BCUT2D eigenvalue weighted by atomic mass is 32.1. The lowest BCUT2D eigenvalue weighted by Gasteiger charge is -2.18. The topological polar surface area (TPSA) is 46.3 Å². The molecule has 0 bridgehead atoms. The molecule has 1 aliphatic rings. The molecule has 0 aromatic heterocycles. The Labute approximate surface area is 123 Å². The van der Waals surface area contributed by atoms with E-state index < -0.39 is 5.82 Å². The summed E-state index contributed by atoms with van der Waals surface area (Å²) in [6.07, 6.45) is 0.598. The zero-order valence-electron chi connectivity index (χ0n) is 11.7. The third-order valence-corrected chi connectivity index (χ3v) is 4.08. The van der Waals surface area contributed by atoms with Crippen LogP contribution in [0.5, 0.6) is 0 Å². The lowest BCUT2D eigenvalue weighted by Crippen LogP contribution is -2.25. The molecule has 5 heteroatoms. The number of nitrogens with zero attached hydrogens (tertiary/aromatic N) is 1. The molecule has 20 heavy (non-hydrogen) atoms. The van der Waals surface area contributed by atoms with Crippen molar-refractivity contribution in [1.29, 1.82) is 0 Å². The highest BCUT2D eigenvalue weighted by Crippen LogP contribution is 2.26. The number of amides is 1. The fourth-order valence-electron chi connectivity index (χ4n) is 2.48. The second-order valence-corrected chi connectivity index (χ2v) is 6.10. The Morgan fingerprint density at radius 3 is 2.80 bits per heavy atom. The number of carbonyl (C=O) groups is 1. The molecule has 1 aromatic rings. The van der Waals surface area contributed by atoms with Crippen LogP contribution in [0.4, 0.5) is 4.39 Å². The first-order chi connectivity index (χ1) is 9.38. The van der Waals surface area contributed by atoms with E-state index in [1.54, 1.807) is 12.1 Å². The maximum absolute atomic E-state index is 13.5. The van der Waals surface area contributed by atoms with Crippen LogP contribution in [0.15, 0.2) is 18.2 Å². The van der Waals surface area contributed by atoms with Gasteiger partial charge in [0.15, 0.2) is 0 Å². The van der Waals surface area contributed by atoms with Crippen LogP contribution in [0.3, 0.4) is 0 Å². The van der Waals surface area contributed by atoms with Crippen molar-refractivity contribution < 1.29 is 9.18 Å². The number of thiocarbonyl (C=S) groups is 1. The molecule has 0 saturated carbocycles. The van der Waals surface area contributed by atoms with Crippen LogP contribution in [0.1, 0.15) is 31.4 Å². The van der Waals surface area contributed by atoms with Gasteiger partial charge in [-0.05, 0) is 29.5 Å². The number of hydrogen-bond donors (Lipinski definition) is 1. The van der Waals surface area contributed by atoms with Gasteiger partial charge in [0.1, 0.15) is 10.8 Å².